The zero-order valence-corrected chi connectivity index (χ0v) is 10.4. The number of primary amides is 1. The summed E-state index contributed by atoms with van der Waals surface area (Å²) in [5.74, 6) is 0.00603. The third-order valence-corrected chi connectivity index (χ3v) is 2.60. The molecule has 2 aromatic rings. The molecule has 6 nitrogen and oxygen atoms in total. The predicted octanol–water partition coefficient (Wildman–Crippen LogP) is 0.551. The van der Waals surface area contributed by atoms with Crippen molar-refractivity contribution >= 4 is 17.5 Å². The molecule has 0 aliphatic carbocycles. The van der Waals surface area contributed by atoms with Crippen molar-refractivity contribution in [2.24, 2.45) is 5.73 Å². The summed E-state index contributed by atoms with van der Waals surface area (Å²) in [5.41, 5.74) is 12.7. The number of amides is 1. The number of carbonyl (C=O) groups excluding carboxylic acids is 1. The lowest BCUT2D eigenvalue weighted by Gasteiger charge is -2.21. The van der Waals surface area contributed by atoms with E-state index in [0.29, 0.717) is 18.2 Å². The van der Waals surface area contributed by atoms with E-state index in [1.54, 1.807) is 23.4 Å². The van der Waals surface area contributed by atoms with E-state index < -0.39 is 5.91 Å². The Hall–Kier alpha value is -2.63. The molecule has 0 aliphatic rings. The number of rotatable bonds is 5. The maximum absolute atomic E-state index is 11.2. The fraction of sp³-hybridized carbons (Fsp3) is 0.154. The minimum absolute atomic E-state index is 0.0400. The zero-order valence-electron chi connectivity index (χ0n) is 10.4. The van der Waals surface area contributed by atoms with Gasteiger partial charge in [0.25, 0.3) is 0 Å². The molecule has 2 rings (SSSR count). The van der Waals surface area contributed by atoms with E-state index in [4.69, 9.17) is 11.5 Å². The van der Waals surface area contributed by atoms with Crippen molar-refractivity contribution in [2.75, 3.05) is 17.2 Å². The summed E-state index contributed by atoms with van der Waals surface area (Å²) in [6.45, 7) is 0.470. The third kappa shape index (κ3) is 3.41. The summed E-state index contributed by atoms with van der Waals surface area (Å²) in [6.07, 6.45) is 3.23. The molecule has 0 saturated heterocycles. The van der Waals surface area contributed by atoms with Crippen molar-refractivity contribution in [1.82, 2.24) is 9.97 Å². The summed E-state index contributed by atoms with van der Waals surface area (Å²) >= 11 is 0. The lowest BCUT2D eigenvalue weighted by atomic mass is 10.1. The first kappa shape index (κ1) is 12.8. The fourth-order valence-electron chi connectivity index (χ4n) is 1.72. The first-order valence-corrected chi connectivity index (χ1v) is 5.80. The molecule has 6 heteroatoms. The second kappa shape index (κ2) is 5.81. The summed E-state index contributed by atoms with van der Waals surface area (Å²) in [5, 5.41) is 0. The quantitative estimate of drug-likeness (QED) is 0.762. The molecule has 0 atom stereocenters. The Bertz CT molecular complexity index is 558. The Morgan fingerprint density at radius 1 is 1.16 bits per heavy atom. The first-order chi connectivity index (χ1) is 9.16. The maximum atomic E-state index is 11.2. The van der Waals surface area contributed by atoms with Crippen LogP contribution in [0, 0.1) is 0 Å². The number of anilines is 2. The van der Waals surface area contributed by atoms with Crippen LogP contribution in [0.5, 0.6) is 0 Å². The molecule has 0 bridgehead atoms. The summed E-state index contributed by atoms with van der Waals surface area (Å²) in [4.78, 5) is 21.1. The van der Waals surface area contributed by atoms with Gasteiger partial charge in [-0.05, 0) is 17.7 Å². The second-order valence-corrected chi connectivity index (χ2v) is 4.07. The van der Waals surface area contributed by atoms with Gasteiger partial charge in [-0.3, -0.25) is 4.79 Å². The van der Waals surface area contributed by atoms with Crippen LogP contribution in [0.1, 0.15) is 5.56 Å². The van der Waals surface area contributed by atoms with Gasteiger partial charge in [-0.1, -0.05) is 18.2 Å². The maximum Gasteiger partial charge on any atom is 0.237 e. The number of nitrogen functional groups attached to an aromatic ring is 1. The second-order valence-electron chi connectivity index (χ2n) is 4.07. The van der Waals surface area contributed by atoms with E-state index in [9.17, 15) is 4.79 Å². The van der Waals surface area contributed by atoms with Crippen LogP contribution in [0.25, 0.3) is 0 Å². The van der Waals surface area contributed by atoms with Crippen LogP contribution in [-0.4, -0.2) is 22.4 Å². The van der Waals surface area contributed by atoms with Crippen molar-refractivity contribution in [3.63, 3.8) is 0 Å². The molecule has 1 aromatic heterocycles. The molecule has 0 saturated carbocycles. The topological polar surface area (TPSA) is 98.1 Å². The minimum Gasteiger partial charge on any atom is -0.398 e. The van der Waals surface area contributed by atoms with Crippen LogP contribution in [0.2, 0.25) is 0 Å². The first-order valence-electron chi connectivity index (χ1n) is 5.80. The Labute approximate surface area is 111 Å². The molecule has 0 unspecified atom stereocenters. The molecule has 19 heavy (non-hydrogen) atoms. The largest absolute Gasteiger partial charge is 0.398 e. The summed E-state index contributed by atoms with van der Waals surface area (Å²) < 4.78 is 0. The number of hydrogen-bond acceptors (Lipinski definition) is 5. The van der Waals surface area contributed by atoms with E-state index in [-0.39, 0.29) is 6.54 Å². The van der Waals surface area contributed by atoms with Crippen molar-refractivity contribution in [3.05, 3.63) is 48.3 Å². The van der Waals surface area contributed by atoms with Gasteiger partial charge in [0.2, 0.25) is 11.9 Å². The van der Waals surface area contributed by atoms with Gasteiger partial charge < -0.3 is 16.4 Å². The highest BCUT2D eigenvalue weighted by atomic mass is 16.1. The number of hydrogen-bond donors (Lipinski definition) is 2. The fourth-order valence-corrected chi connectivity index (χ4v) is 1.72. The van der Waals surface area contributed by atoms with E-state index in [2.05, 4.69) is 9.97 Å². The Morgan fingerprint density at radius 2 is 1.84 bits per heavy atom. The summed E-state index contributed by atoms with van der Waals surface area (Å²) in [6, 6.07) is 9.16. The van der Waals surface area contributed by atoms with E-state index in [1.807, 2.05) is 24.3 Å². The Balaban J connectivity index is 2.24. The van der Waals surface area contributed by atoms with Gasteiger partial charge in [0, 0.05) is 24.6 Å². The molecule has 0 spiro atoms. The van der Waals surface area contributed by atoms with E-state index in [0.717, 1.165) is 5.56 Å². The highest BCUT2D eigenvalue weighted by Gasteiger charge is 2.13. The van der Waals surface area contributed by atoms with E-state index >= 15 is 0 Å². The average Bonchev–Trinajstić information content (AvgIpc) is 2.41. The Morgan fingerprint density at radius 3 is 2.47 bits per heavy atom. The molecular weight excluding hydrogens is 242 g/mol. The van der Waals surface area contributed by atoms with Crippen molar-refractivity contribution in [3.8, 4) is 0 Å². The van der Waals surface area contributed by atoms with Crippen molar-refractivity contribution < 1.29 is 4.79 Å². The lowest BCUT2D eigenvalue weighted by Crippen LogP contribution is -2.34. The van der Waals surface area contributed by atoms with Crippen LogP contribution in [-0.2, 0) is 11.3 Å². The van der Waals surface area contributed by atoms with Gasteiger partial charge in [0.1, 0.15) is 0 Å². The smallest absolute Gasteiger partial charge is 0.237 e. The van der Waals surface area contributed by atoms with E-state index in [1.165, 1.54) is 0 Å². The number of carbonyl (C=O) groups is 1. The van der Waals surface area contributed by atoms with Crippen LogP contribution in [0.3, 0.4) is 0 Å². The SMILES string of the molecule is NC(=O)CN(Cc1ccccc1N)c1ncccn1. The van der Waals surface area contributed by atoms with Gasteiger partial charge in [-0.15, -0.1) is 0 Å². The van der Waals surface area contributed by atoms with Crippen LogP contribution in [0.4, 0.5) is 11.6 Å². The van der Waals surface area contributed by atoms with Gasteiger partial charge in [-0.25, -0.2) is 9.97 Å². The zero-order chi connectivity index (χ0) is 13.7. The normalized spacial score (nSPS) is 10.1. The average molecular weight is 257 g/mol. The summed E-state index contributed by atoms with van der Waals surface area (Å²) in [7, 11) is 0. The molecule has 98 valence electrons. The highest BCUT2D eigenvalue weighted by Crippen LogP contribution is 2.16. The molecule has 1 amide bonds. The highest BCUT2D eigenvalue weighted by molar-refractivity contribution is 5.78. The van der Waals surface area contributed by atoms with Crippen molar-refractivity contribution in [1.29, 1.82) is 0 Å². The van der Waals surface area contributed by atoms with Gasteiger partial charge in [0.15, 0.2) is 0 Å². The van der Waals surface area contributed by atoms with Crippen molar-refractivity contribution in [2.45, 2.75) is 6.54 Å². The molecule has 4 N–H and O–H groups in total. The minimum atomic E-state index is -0.443. The molecular formula is C13H15N5O. The van der Waals surface area contributed by atoms with Crippen LogP contribution >= 0.6 is 0 Å². The molecule has 0 fully saturated rings. The number of benzene rings is 1. The molecule has 1 aromatic carbocycles. The molecule has 0 radical (unpaired) electrons. The number of nitrogens with two attached hydrogens (primary N) is 2. The molecule has 0 aliphatic heterocycles. The van der Waals surface area contributed by atoms with Gasteiger partial charge in [-0.2, -0.15) is 0 Å². The lowest BCUT2D eigenvalue weighted by molar-refractivity contribution is -0.116. The standard InChI is InChI=1S/C13H15N5O/c14-11-5-2-1-4-10(11)8-18(9-12(15)19)13-16-6-3-7-17-13/h1-7H,8-9,14H2,(H2,15,19). The number of nitrogens with zero attached hydrogens (tertiary/aromatic N) is 3. The third-order valence-electron chi connectivity index (χ3n) is 2.60. The number of para-hydroxylation sites is 1. The number of aromatic nitrogens is 2. The van der Waals surface area contributed by atoms with Gasteiger partial charge >= 0.3 is 0 Å². The monoisotopic (exact) mass is 257 g/mol. The van der Waals surface area contributed by atoms with Gasteiger partial charge in [0.05, 0.1) is 6.54 Å². The molecule has 1 heterocycles. The van der Waals surface area contributed by atoms with Crippen LogP contribution < -0.4 is 16.4 Å². The predicted molar refractivity (Wildman–Crippen MR) is 73.1 cm³/mol. The Kier molecular flexibility index (Phi) is 3.92. The van der Waals surface area contributed by atoms with Crippen LogP contribution in [0.15, 0.2) is 42.7 Å².